The number of alkyl carbamates (subject to hydrolysis) is 1. The third-order valence-corrected chi connectivity index (χ3v) is 3.45. The van der Waals surface area contributed by atoms with Crippen molar-refractivity contribution < 1.29 is 24.2 Å². The fourth-order valence-electron chi connectivity index (χ4n) is 1.66. The highest BCUT2D eigenvalue weighted by atomic mass is 32.1. The van der Waals surface area contributed by atoms with Crippen molar-refractivity contribution in [2.75, 3.05) is 13.2 Å². The number of hydrogen-bond acceptors (Lipinski definition) is 5. The molecule has 0 saturated carbocycles. The molecule has 1 rings (SSSR count). The van der Waals surface area contributed by atoms with Crippen LogP contribution in [0.4, 0.5) is 4.79 Å². The highest BCUT2D eigenvalue weighted by molar-refractivity contribution is 7.12. The number of unbranched alkanes of at least 4 members (excludes halogenated alkanes) is 2. The second-order valence-electron chi connectivity index (χ2n) is 5.76. The maximum atomic E-state index is 11.4. The van der Waals surface area contributed by atoms with E-state index in [1.165, 1.54) is 0 Å². The van der Waals surface area contributed by atoms with Gasteiger partial charge in [-0.3, -0.25) is 0 Å². The Morgan fingerprint density at radius 3 is 2.64 bits per heavy atom. The summed E-state index contributed by atoms with van der Waals surface area (Å²) in [4.78, 5) is 22.5. The fraction of sp³-hybridized carbons (Fsp3) is 0.600. The van der Waals surface area contributed by atoms with Crippen molar-refractivity contribution in [3.8, 4) is 5.75 Å². The van der Waals surface area contributed by atoms with Gasteiger partial charge in [-0.15, -0.1) is 11.3 Å². The van der Waals surface area contributed by atoms with Gasteiger partial charge in [-0.2, -0.15) is 0 Å². The van der Waals surface area contributed by atoms with Crippen molar-refractivity contribution in [3.63, 3.8) is 0 Å². The number of aromatic carboxylic acids is 1. The first-order chi connectivity index (χ1) is 10.3. The molecule has 0 atom stereocenters. The highest BCUT2D eigenvalue weighted by Gasteiger charge is 2.15. The molecule has 1 heterocycles. The number of ether oxygens (including phenoxy) is 2. The fourth-order valence-corrected chi connectivity index (χ4v) is 2.33. The van der Waals surface area contributed by atoms with Crippen molar-refractivity contribution in [3.05, 3.63) is 16.3 Å². The molecule has 0 saturated heterocycles. The number of amides is 1. The molecule has 0 aliphatic rings. The first-order valence-electron chi connectivity index (χ1n) is 7.20. The predicted octanol–water partition coefficient (Wildman–Crippen LogP) is 3.52. The number of rotatable bonds is 8. The van der Waals surface area contributed by atoms with Crippen molar-refractivity contribution in [2.45, 2.75) is 45.6 Å². The topological polar surface area (TPSA) is 84.9 Å². The lowest BCUT2D eigenvalue weighted by atomic mass is 10.2. The van der Waals surface area contributed by atoms with Gasteiger partial charge in [0.05, 0.1) is 6.61 Å². The Kier molecular flexibility index (Phi) is 7.17. The third-order valence-electron chi connectivity index (χ3n) is 2.57. The molecular weight excluding hydrogens is 306 g/mol. The van der Waals surface area contributed by atoms with Gasteiger partial charge in [-0.05, 0) is 51.5 Å². The summed E-state index contributed by atoms with van der Waals surface area (Å²) in [6, 6.07) is 1.66. The van der Waals surface area contributed by atoms with Crippen LogP contribution in [0, 0.1) is 0 Å². The van der Waals surface area contributed by atoms with E-state index >= 15 is 0 Å². The number of hydrogen-bond donors (Lipinski definition) is 2. The molecule has 2 N–H and O–H groups in total. The van der Waals surface area contributed by atoms with Gasteiger partial charge in [0, 0.05) is 6.54 Å². The molecule has 6 nitrogen and oxygen atoms in total. The molecule has 0 fully saturated rings. The number of carboxylic acid groups (broad SMARTS) is 1. The summed E-state index contributed by atoms with van der Waals surface area (Å²) in [5.41, 5.74) is -0.486. The molecular formula is C15H23NO5S. The lowest BCUT2D eigenvalue weighted by Gasteiger charge is -2.19. The van der Waals surface area contributed by atoms with Crippen LogP contribution in [0.15, 0.2) is 11.4 Å². The lowest BCUT2D eigenvalue weighted by Crippen LogP contribution is -2.33. The largest absolute Gasteiger partial charge is 0.492 e. The van der Waals surface area contributed by atoms with Crippen LogP contribution in [0.2, 0.25) is 0 Å². The summed E-state index contributed by atoms with van der Waals surface area (Å²) in [5, 5.41) is 13.3. The van der Waals surface area contributed by atoms with Crippen LogP contribution >= 0.6 is 11.3 Å². The van der Waals surface area contributed by atoms with Crippen LogP contribution in [-0.2, 0) is 4.74 Å². The molecule has 0 aliphatic heterocycles. The third kappa shape index (κ3) is 7.31. The quantitative estimate of drug-likeness (QED) is 0.713. The molecule has 1 aromatic heterocycles. The van der Waals surface area contributed by atoms with Gasteiger partial charge in [-0.1, -0.05) is 0 Å². The molecule has 0 unspecified atom stereocenters. The van der Waals surface area contributed by atoms with Crippen LogP contribution in [-0.4, -0.2) is 35.9 Å². The first-order valence-corrected chi connectivity index (χ1v) is 8.08. The average molecular weight is 329 g/mol. The minimum atomic E-state index is -0.966. The second-order valence-corrected chi connectivity index (χ2v) is 6.67. The van der Waals surface area contributed by atoms with Crippen molar-refractivity contribution in [1.29, 1.82) is 0 Å². The molecule has 1 amide bonds. The minimum absolute atomic E-state index is 0.228. The normalized spacial score (nSPS) is 11.0. The molecule has 22 heavy (non-hydrogen) atoms. The van der Waals surface area contributed by atoms with E-state index in [4.69, 9.17) is 14.6 Å². The zero-order valence-corrected chi connectivity index (χ0v) is 14.0. The van der Waals surface area contributed by atoms with E-state index in [1.54, 1.807) is 11.4 Å². The summed E-state index contributed by atoms with van der Waals surface area (Å²) >= 11 is 1.15. The summed E-state index contributed by atoms with van der Waals surface area (Å²) in [5.74, 6) is -0.545. The van der Waals surface area contributed by atoms with Gasteiger partial charge >= 0.3 is 12.1 Å². The van der Waals surface area contributed by atoms with Gasteiger partial charge in [0.15, 0.2) is 4.88 Å². The SMILES string of the molecule is CC(C)(C)OC(=O)NCCCCCOc1ccsc1C(=O)O. The number of carbonyl (C=O) groups is 2. The number of nitrogens with one attached hydrogen (secondary N) is 1. The molecule has 0 spiro atoms. The molecule has 124 valence electrons. The summed E-state index contributed by atoms with van der Waals surface area (Å²) in [6.45, 7) is 6.47. The van der Waals surface area contributed by atoms with Crippen LogP contribution in [0.1, 0.15) is 49.7 Å². The number of carboxylic acids is 1. The van der Waals surface area contributed by atoms with Gasteiger partial charge in [0.2, 0.25) is 0 Å². The van der Waals surface area contributed by atoms with Gasteiger partial charge < -0.3 is 19.9 Å². The molecule has 0 aliphatic carbocycles. The lowest BCUT2D eigenvalue weighted by molar-refractivity contribution is 0.0526. The zero-order valence-electron chi connectivity index (χ0n) is 13.2. The predicted molar refractivity (Wildman–Crippen MR) is 84.9 cm³/mol. The first kappa shape index (κ1) is 18.3. The number of thiophene rings is 1. The molecule has 0 aromatic carbocycles. The van der Waals surface area contributed by atoms with Crippen LogP contribution in [0.25, 0.3) is 0 Å². The van der Waals surface area contributed by atoms with E-state index in [-0.39, 0.29) is 4.88 Å². The maximum Gasteiger partial charge on any atom is 0.407 e. The molecule has 1 aromatic rings. The van der Waals surface area contributed by atoms with Crippen LogP contribution in [0.5, 0.6) is 5.75 Å². The summed E-state index contributed by atoms with van der Waals surface area (Å²) in [6.07, 6.45) is 2.08. The molecule has 0 radical (unpaired) electrons. The number of carbonyl (C=O) groups excluding carboxylic acids is 1. The van der Waals surface area contributed by atoms with E-state index in [1.807, 2.05) is 20.8 Å². The van der Waals surface area contributed by atoms with Crippen molar-refractivity contribution >= 4 is 23.4 Å². The van der Waals surface area contributed by atoms with Gasteiger partial charge in [-0.25, -0.2) is 9.59 Å². The Morgan fingerprint density at radius 2 is 2.00 bits per heavy atom. The van der Waals surface area contributed by atoms with Crippen LogP contribution < -0.4 is 10.1 Å². The average Bonchev–Trinajstić information content (AvgIpc) is 2.84. The Hall–Kier alpha value is -1.76. The maximum absolute atomic E-state index is 11.4. The van der Waals surface area contributed by atoms with Crippen molar-refractivity contribution in [1.82, 2.24) is 5.32 Å². The van der Waals surface area contributed by atoms with Gasteiger partial charge in [0.1, 0.15) is 11.4 Å². The summed E-state index contributed by atoms with van der Waals surface area (Å²) < 4.78 is 10.6. The second kappa shape index (κ2) is 8.63. The van der Waals surface area contributed by atoms with Crippen molar-refractivity contribution in [2.24, 2.45) is 0 Å². The Morgan fingerprint density at radius 1 is 1.27 bits per heavy atom. The van der Waals surface area contributed by atoms with E-state index in [2.05, 4.69) is 5.32 Å². The van der Waals surface area contributed by atoms with E-state index in [0.29, 0.717) is 18.9 Å². The Labute approximate surface area is 134 Å². The Balaban J connectivity index is 2.08. The molecule has 7 heteroatoms. The van der Waals surface area contributed by atoms with E-state index in [0.717, 1.165) is 30.6 Å². The van der Waals surface area contributed by atoms with E-state index < -0.39 is 17.7 Å². The summed E-state index contributed by atoms with van der Waals surface area (Å²) in [7, 11) is 0. The van der Waals surface area contributed by atoms with Crippen LogP contribution in [0.3, 0.4) is 0 Å². The smallest absolute Gasteiger partial charge is 0.407 e. The monoisotopic (exact) mass is 329 g/mol. The zero-order chi connectivity index (χ0) is 16.6. The highest BCUT2D eigenvalue weighted by Crippen LogP contribution is 2.24. The molecule has 0 bridgehead atoms. The minimum Gasteiger partial charge on any atom is -0.492 e. The Bertz CT molecular complexity index is 492. The standard InChI is InChI=1S/C15H23NO5S/c1-15(2,3)21-14(19)16-8-5-4-6-9-20-11-7-10-22-12(11)13(17)18/h7,10H,4-6,8-9H2,1-3H3,(H,16,19)(H,17,18). The van der Waals surface area contributed by atoms with E-state index in [9.17, 15) is 9.59 Å². The van der Waals surface area contributed by atoms with Gasteiger partial charge in [0.25, 0.3) is 0 Å².